The van der Waals surface area contributed by atoms with E-state index in [1.54, 1.807) is 26.0 Å². The summed E-state index contributed by atoms with van der Waals surface area (Å²) in [5.74, 6) is 0. The van der Waals surface area contributed by atoms with Crippen LogP contribution in [0.15, 0.2) is 35.5 Å². The van der Waals surface area contributed by atoms with Gasteiger partial charge in [-0.25, -0.2) is 0 Å². The number of hydrogen-bond donors (Lipinski definition) is 5. The maximum atomic E-state index is 10.9. The Morgan fingerprint density at radius 3 is 2.52 bits per heavy atom. The minimum absolute atomic E-state index is 0.0315. The monoisotopic (exact) mass is 354 g/mol. The van der Waals surface area contributed by atoms with E-state index < -0.39 is 42.2 Å². The van der Waals surface area contributed by atoms with Crippen molar-refractivity contribution in [3.63, 3.8) is 0 Å². The lowest BCUT2D eigenvalue weighted by Gasteiger charge is -2.42. The van der Waals surface area contributed by atoms with E-state index in [1.165, 1.54) is 0 Å². The Kier molecular flexibility index (Phi) is 6.25. The highest BCUT2D eigenvalue weighted by Gasteiger charge is 2.60. The molecule has 1 saturated heterocycles. The molecule has 1 fully saturated rings. The Hall–Kier alpha value is -1.02. The first kappa shape index (κ1) is 20.3. The second-order valence-electron chi connectivity index (χ2n) is 7.46. The molecule has 0 spiro atoms. The largest absolute Gasteiger partial charge is 0.392 e. The lowest BCUT2D eigenvalue weighted by Crippen LogP contribution is -2.59. The number of allylic oxidation sites excluding steroid dienone is 3. The van der Waals surface area contributed by atoms with Crippen LogP contribution in [-0.2, 0) is 4.74 Å². The topological polar surface area (TPSA) is 110 Å². The fourth-order valence-corrected chi connectivity index (χ4v) is 3.48. The van der Waals surface area contributed by atoms with Crippen molar-refractivity contribution in [3.8, 4) is 0 Å². The van der Waals surface area contributed by atoms with Gasteiger partial charge in [0, 0.05) is 6.42 Å². The van der Waals surface area contributed by atoms with E-state index in [0.717, 1.165) is 12.8 Å². The minimum atomic E-state index is -1.75. The summed E-state index contributed by atoms with van der Waals surface area (Å²) in [5.41, 5.74) is -2.32. The van der Waals surface area contributed by atoms with Crippen molar-refractivity contribution in [3.05, 3.63) is 35.5 Å². The van der Waals surface area contributed by atoms with Crippen molar-refractivity contribution in [2.24, 2.45) is 0 Å². The first-order valence-corrected chi connectivity index (χ1v) is 8.80. The average molecular weight is 354 g/mol. The molecule has 5 atom stereocenters. The van der Waals surface area contributed by atoms with Crippen LogP contribution in [0, 0.1) is 0 Å². The molecule has 5 N–H and O–H groups in total. The molecule has 0 radical (unpaired) electrons. The molecule has 1 aliphatic heterocycles. The fraction of sp³-hybridized carbons (Fsp3) is 0.684. The van der Waals surface area contributed by atoms with Gasteiger partial charge in [0.1, 0.15) is 23.9 Å². The molecule has 2 aliphatic rings. The highest BCUT2D eigenvalue weighted by atomic mass is 16.5. The molecule has 6 heteroatoms. The van der Waals surface area contributed by atoms with Crippen molar-refractivity contribution >= 4 is 0 Å². The van der Waals surface area contributed by atoms with Gasteiger partial charge in [-0.1, -0.05) is 37.6 Å². The van der Waals surface area contributed by atoms with Gasteiger partial charge in [-0.05, 0) is 31.4 Å². The zero-order chi connectivity index (χ0) is 18.8. The molecular formula is C19H30O6. The van der Waals surface area contributed by atoms with Crippen LogP contribution in [0.2, 0.25) is 0 Å². The molecule has 1 aliphatic carbocycles. The maximum Gasteiger partial charge on any atom is 0.126 e. The third-order valence-corrected chi connectivity index (χ3v) is 5.02. The molecule has 1 heterocycles. The number of fused-ring (bicyclic) bond motifs is 1. The minimum Gasteiger partial charge on any atom is -0.392 e. The van der Waals surface area contributed by atoms with Crippen molar-refractivity contribution in [2.75, 3.05) is 6.61 Å². The van der Waals surface area contributed by atoms with Gasteiger partial charge in [0.05, 0.1) is 18.3 Å². The summed E-state index contributed by atoms with van der Waals surface area (Å²) in [6, 6.07) is 0. The molecule has 0 aromatic heterocycles. The predicted molar refractivity (Wildman–Crippen MR) is 93.8 cm³/mol. The lowest BCUT2D eigenvalue weighted by molar-refractivity contribution is -0.149. The lowest BCUT2D eigenvalue weighted by atomic mass is 9.72. The molecule has 5 unspecified atom stereocenters. The smallest absolute Gasteiger partial charge is 0.126 e. The molecule has 25 heavy (non-hydrogen) atoms. The summed E-state index contributed by atoms with van der Waals surface area (Å²) in [6.07, 6.45) is 4.56. The van der Waals surface area contributed by atoms with Gasteiger partial charge in [0.25, 0.3) is 0 Å². The number of unbranched alkanes of at least 4 members (excludes halogenated alkanes) is 1. The zero-order valence-corrected chi connectivity index (χ0v) is 15.1. The van der Waals surface area contributed by atoms with Gasteiger partial charge in [-0.15, -0.1) is 0 Å². The van der Waals surface area contributed by atoms with E-state index in [4.69, 9.17) is 4.74 Å². The second kappa shape index (κ2) is 7.70. The molecule has 0 aromatic carbocycles. The van der Waals surface area contributed by atoms with Crippen molar-refractivity contribution in [2.45, 2.75) is 75.7 Å². The number of aliphatic hydroxyl groups is 5. The van der Waals surface area contributed by atoms with Crippen LogP contribution in [0.5, 0.6) is 0 Å². The van der Waals surface area contributed by atoms with E-state index in [-0.39, 0.29) is 6.42 Å². The predicted octanol–water partition coefficient (Wildman–Crippen LogP) is 0.583. The molecular weight excluding hydrogens is 324 g/mol. The van der Waals surface area contributed by atoms with Crippen LogP contribution >= 0.6 is 0 Å². The van der Waals surface area contributed by atoms with Gasteiger partial charge < -0.3 is 30.3 Å². The standard InChI is InChI=1S/C19H30O6/c1-4-5-6-7-8-9-12-13(11-20)17-19(24,16(22)15(12)21)10-14(25-17)18(2,3)23/h6-9,14-17,20-24H,4-5,10-11H2,1-3H3/b7-6+,9-8+. The van der Waals surface area contributed by atoms with E-state index in [9.17, 15) is 25.5 Å². The molecule has 6 nitrogen and oxygen atoms in total. The summed E-state index contributed by atoms with van der Waals surface area (Å²) in [4.78, 5) is 0. The number of rotatable bonds is 6. The van der Waals surface area contributed by atoms with E-state index in [2.05, 4.69) is 6.92 Å². The van der Waals surface area contributed by atoms with E-state index in [0.29, 0.717) is 11.1 Å². The van der Waals surface area contributed by atoms with Crippen LogP contribution in [0.25, 0.3) is 0 Å². The number of aliphatic hydroxyl groups excluding tert-OH is 3. The first-order chi connectivity index (χ1) is 11.7. The van der Waals surface area contributed by atoms with Gasteiger partial charge >= 0.3 is 0 Å². The Balaban J connectivity index is 2.37. The van der Waals surface area contributed by atoms with Gasteiger partial charge in [-0.3, -0.25) is 0 Å². The summed E-state index contributed by atoms with van der Waals surface area (Å²) in [5, 5.41) is 51.9. The molecule has 0 aromatic rings. The summed E-state index contributed by atoms with van der Waals surface area (Å²) in [7, 11) is 0. The quantitative estimate of drug-likeness (QED) is 0.447. The van der Waals surface area contributed by atoms with Gasteiger partial charge in [0.15, 0.2) is 0 Å². The third kappa shape index (κ3) is 3.89. The van der Waals surface area contributed by atoms with E-state index >= 15 is 0 Å². The molecule has 0 bridgehead atoms. The first-order valence-electron chi connectivity index (χ1n) is 8.80. The van der Waals surface area contributed by atoms with Crippen LogP contribution in [0.1, 0.15) is 40.0 Å². The van der Waals surface area contributed by atoms with Crippen LogP contribution < -0.4 is 0 Å². The molecule has 142 valence electrons. The normalized spacial score (nSPS) is 36.6. The van der Waals surface area contributed by atoms with Crippen LogP contribution in [0.4, 0.5) is 0 Å². The molecule has 2 rings (SSSR count). The van der Waals surface area contributed by atoms with Gasteiger partial charge in [-0.2, -0.15) is 0 Å². The SMILES string of the molecule is CCC/C=C/C=C/C1=C(CO)C2OC(C(C)(C)O)CC2(O)C(O)C1O. The van der Waals surface area contributed by atoms with Crippen LogP contribution in [-0.4, -0.2) is 67.8 Å². The fourth-order valence-electron chi connectivity index (χ4n) is 3.48. The zero-order valence-electron chi connectivity index (χ0n) is 15.1. The Morgan fingerprint density at radius 1 is 1.28 bits per heavy atom. The average Bonchev–Trinajstić information content (AvgIpc) is 2.91. The van der Waals surface area contributed by atoms with Crippen molar-refractivity contribution in [1.29, 1.82) is 0 Å². The summed E-state index contributed by atoms with van der Waals surface area (Å²) < 4.78 is 5.79. The van der Waals surface area contributed by atoms with E-state index in [1.807, 2.05) is 12.2 Å². The molecule has 0 amide bonds. The van der Waals surface area contributed by atoms with Crippen molar-refractivity contribution < 1.29 is 30.3 Å². The summed E-state index contributed by atoms with van der Waals surface area (Å²) >= 11 is 0. The van der Waals surface area contributed by atoms with Crippen LogP contribution in [0.3, 0.4) is 0 Å². The third-order valence-electron chi connectivity index (χ3n) is 5.02. The Labute approximate surface area is 148 Å². The highest BCUT2D eigenvalue weighted by molar-refractivity contribution is 5.41. The molecule has 0 saturated carbocycles. The highest BCUT2D eigenvalue weighted by Crippen LogP contribution is 2.46. The number of ether oxygens (including phenoxy) is 1. The van der Waals surface area contributed by atoms with Crippen molar-refractivity contribution in [1.82, 2.24) is 0 Å². The summed E-state index contributed by atoms with van der Waals surface area (Å²) in [6.45, 7) is 4.76. The Morgan fingerprint density at radius 2 is 1.96 bits per heavy atom. The maximum absolute atomic E-state index is 10.9. The van der Waals surface area contributed by atoms with Gasteiger partial charge in [0.2, 0.25) is 0 Å². The number of hydrogen-bond acceptors (Lipinski definition) is 6. The second-order valence-corrected chi connectivity index (χ2v) is 7.46. The Bertz CT molecular complexity index is 559.